The molecule has 96 valence electrons. The Labute approximate surface area is 112 Å². The van der Waals surface area contributed by atoms with Crippen molar-refractivity contribution < 1.29 is 18.7 Å². The molecule has 4 nitrogen and oxygen atoms in total. The molecule has 0 radical (unpaired) electrons. The third-order valence-corrected chi connectivity index (χ3v) is 3.35. The first-order chi connectivity index (χ1) is 8.56. The van der Waals surface area contributed by atoms with Crippen LogP contribution < -0.4 is 4.90 Å². The van der Waals surface area contributed by atoms with E-state index in [1.807, 2.05) is 0 Å². The van der Waals surface area contributed by atoms with E-state index < -0.39 is 17.5 Å². The van der Waals surface area contributed by atoms with Gasteiger partial charge in [-0.2, -0.15) is 0 Å². The first-order valence-corrected chi connectivity index (χ1v) is 6.19. The predicted molar refractivity (Wildman–Crippen MR) is 67.3 cm³/mol. The molecule has 0 fully saturated rings. The van der Waals surface area contributed by atoms with E-state index in [0.717, 1.165) is 0 Å². The van der Waals surface area contributed by atoms with Crippen molar-refractivity contribution in [2.45, 2.75) is 6.42 Å². The van der Waals surface area contributed by atoms with E-state index in [1.54, 1.807) is 7.11 Å². The van der Waals surface area contributed by atoms with Crippen LogP contribution >= 0.6 is 15.9 Å². The highest BCUT2D eigenvalue weighted by Crippen LogP contribution is 2.33. The summed E-state index contributed by atoms with van der Waals surface area (Å²) in [6, 6.07) is 2.55. The second-order valence-electron chi connectivity index (χ2n) is 3.92. The maximum atomic E-state index is 13.5. The minimum Gasteiger partial charge on any atom is -0.385 e. The molecule has 1 aromatic carbocycles. The van der Waals surface area contributed by atoms with Gasteiger partial charge in [-0.15, -0.1) is 0 Å². The van der Waals surface area contributed by atoms with Crippen molar-refractivity contribution in [3.8, 4) is 0 Å². The molecule has 0 atom stereocenters. The lowest BCUT2D eigenvalue weighted by molar-refractivity contribution is -0.114. The number of ketones is 1. The molecule has 0 saturated heterocycles. The topological polar surface area (TPSA) is 46.6 Å². The van der Waals surface area contributed by atoms with Crippen molar-refractivity contribution in [1.29, 1.82) is 0 Å². The Hall–Kier alpha value is -1.27. The lowest BCUT2D eigenvalue weighted by Gasteiger charge is -2.16. The number of ether oxygens (including phenoxy) is 1. The molecule has 1 aliphatic rings. The van der Waals surface area contributed by atoms with Gasteiger partial charge in [0, 0.05) is 20.3 Å². The Morgan fingerprint density at radius 1 is 1.39 bits per heavy atom. The Balaban J connectivity index is 2.33. The molecule has 0 bridgehead atoms. The van der Waals surface area contributed by atoms with E-state index in [9.17, 15) is 14.0 Å². The largest absolute Gasteiger partial charge is 0.385 e. The molecule has 1 aliphatic heterocycles. The third kappa shape index (κ3) is 2.18. The molecule has 0 saturated carbocycles. The normalized spacial score (nSPS) is 14.3. The molecule has 1 amide bonds. The fourth-order valence-electron chi connectivity index (χ4n) is 1.88. The van der Waals surface area contributed by atoms with Gasteiger partial charge >= 0.3 is 0 Å². The van der Waals surface area contributed by atoms with Crippen LogP contribution in [0.15, 0.2) is 16.6 Å². The van der Waals surface area contributed by atoms with Crippen LogP contribution in [0.2, 0.25) is 0 Å². The summed E-state index contributed by atoms with van der Waals surface area (Å²) >= 11 is 3.00. The molecule has 0 N–H and O–H groups in total. The first-order valence-electron chi connectivity index (χ1n) is 5.40. The van der Waals surface area contributed by atoms with Gasteiger partial charge in [-0.1, -0.05) is 0 Å². The second-order valence-corrected chi connectivity index (χ2v) is 4.77. The van der Waals surface area contributed by atoms with E-state index >= 15 is 0 Å². The SMILES string of the molecule is COCCCN1C(=O)C(=O)c2cc(Br)c(F)cc21. The zero-order valence-electron chi connectivity index (χ0n) is 9.70. The highest BCUT2D eigenvalue weighted by Gasteiger charge is 2.36. The number of Topliss-reactive ketones (excluding diaryl/α,β-unsaturated/α-hetero) is 1. The number of hydrogen-bond donors (Lipinski definition) is 0. The summed E-state index contributed by atoms with van der Waals surface area (Å²) in [5, 5.41) is 0. The smallest absolute Gasteiger partial charge is 0.299 e. The number of methoxy groups -OCH3 is 1. The quantitative estimate of drug-likeness (QED) is 0.632. The van der Waals surface area contributed by atoms with Gasteiger partial charge in [-0.05, 0) is 34.5 Å². The lowest BCUT2D eigenvalue weighted by atomic mass is 10.1. The van der Waals surface area contributed by atoms with Gasteiger partial charge in [-0.25, -0.2) is 4.39 Å². The number of nitrogens with zero attached hydrogens (tertiary/aromatic N) is 1. The standard InChI is InChI=1S/C12H11BrFNO3/c1-18-4-2-3-15-10-6-9(14)8(13)5-7(10)11(16)12(15)17/h5-6H,2-4H2,1H3. The minimum absolute atomic E-state index is 0.182. The van der Waals surface area contributed by atoms with Gasteiger partial charge in [0.2, 0.25) is 0 Å². The van der Waals surface area contributed by atoms with Gasteiger partial charge in [-0.3, -0.25) is 9.59 Å². The molecule has 2 rings (SSSR count). The van der Waals surface area contributed by atoms with Crippen LogP contribution in [0.3, 0.4) is 0 Å². The molecule has 1 heterocycles. The van der Waals surface area contributed by atoms with Crippen molar-refractivity contribution in [2.24, 2.45) is 0 Å². The van der Waals surface area contributed by atoms with E-state index in [-0.39, 0.29) is 10.0 Å². The fraction of sp³-hybridized carbons (Fsp3) is 0.333. The summed E-state index contributed by atoms with van der Waals surface area (Å²) in [4.78, 5) is 24.8. The molecule has 18 heavy (non-hydrogen) atoms. The van der Waals surface area contributed by atoms with Gasteiger partial charge in [0.25, 0.3) is 11.7 Å². The Kier molecular flexibility index (Phi) is 3.77. The van der Waals surface area contributed by atoms with Crippen LogP contribution in [-0.4, -0.2) is 32.0 Å². The van der Waals surface area contributed by atoms with Gasteiger partial charge in [0.15, 0.2) is 0 Å². The van der Waals surface area contributed by atoms with E-state index in [4.69, 9.17) is 4.74 Å². The van der Waals surface area contributed by atoms with Crippen molar-refractivity contribution >= 4 is 33.3 Å². The van der Waals surface area contributed by atoms with Gasteiger partial charge in [0.1, 0.15) is 5.82 Å². The molecule has 6 heteroatoms. The summed E-state index contributed by atoms with van der Waals surface area (Å²) < 4.78 is 18.5. The highest BCUT2D eigenvalue weighted by molar-refractivity contribution is 9.10. The van der Waals surface area contributed by atoms with Crippen LogP contribution in [0, 0.1) is 5.82 Å². The van der Waals surface area contributed by atoms with Crippen LogP contribution in [0.1, 0.15) is 16.8 Å². The minimum atomic E-state index is -0.612. The summed E-state index contributed by atoms with van der Waals surface area (Å²) in [6.45, 7) is 0.818. The second kappa shape index (κ2) is 5.16. The summed E-state index contributed by atoms with van der Waals surface area (Å²) in [6.07, 6.45) is 0.590. The van der Waals surface area contributed by atoms with Crippen LogP contribution in [0.25, 0.3) is 0 Å². The average molecular weight is 316 g/mol. The molecule has 1 aromatic rings. The number of rotatable bonds is 4. The fourth-order valence-corrected chi connectivity index (χ4v) is 2.22. The van der Waals surface area contributed by atoms with Crippen LogP contribution in [0.4, 0.5) is 10.1 Å². The Morgan fingerprint density at radius 2 is 2.11 bits per heavy atom. The van der Waals surface area contributed by atoms with Crippen molar-refractivity contribution in [2.75, 3.05) is 25.2 Å². The molecular formula is C12H11BrFNO3. The Morgan fingerprint density at radius 3 is 2.78 bits per heavy atom. The summed E-state index contributed by atoms with van der Waals surface area (Å²) in [5.41, 5.74) is 0.576. The summed E-state index contributed by atoms with van der Waals surface area (Å²) in [7, 11) is 1.56. The number of hydrogen-bond acceptors (Lipinski definition) is 3. The van der Waals surface area contributed by atoms with Crippen LogP contribution in [-0.2, 0) is 9.53 Å². The van der Waals surface area contributed by atoms with Crippen molar-refractivity contribution in [3.05, 3.63) is 28.0 Å². The monoisotopic (exact) mass is 315 g/mol. The third-order valence-electron chi connectivity index (χ3n) is 2.74. The van der Waals surface area contributed by atoms with Gasteiger partial charge < -0.3 is 9.64 Å². The van der Waals surface area contributed by atoms with Crippen molar-refractivity contribution in [3.63, 3.8) is 0 Å². The maximum absolute atomic E-state index is 13.5. The zero-order chi connectivity index (χ0) is 13.3. The van der Waals surface area contributed by atoms with E-state index in [0.29, 0.717) is 25.3 Å². The maximum Gasteiger partial charge on any atom is 0.299 e. The summed E-state index contributed by atoms with van der Waals surface area (Å²) in [5.74, 6) is -1.70. The predicted octanol–water partition coefficient (Wildman–Crippen LogP) is 2.15. The number of amides is 1. The number of carbonyl (C=O) groups is 2. The van der Waals surface area contributed by atoms with E-state index in [1.165, 1.54) is 17.0 Å². The first kappa shape index (κ1) is 13.2. The van der Waals surface area contributed by atoms with Crippen molar-refractivity contribution in [1.82, 2.24) is 0 Å². The molecule has 0 spiro atoms. The number of carbonyl (C=O) groups excluding carboxylic acids is 2. The van der Waals surface area contributed by atoms with Gasteiger partial charge in [0.05, 0.1) is 15.7 Å². The van der Waals surface area contributed by atoms with E-state index in [2.05, 4.69) is 15.9 Å². The number of halogens is 2. The highest BCUT2D eigenvalue weighted by atomic mass is 79.9. The number of benzene rings is 1. The lowest BCUT2D eigenvalue weighted by Crippen LogP contribution is -2.31. The molecule has 0 aromatic heterocycles. The zero-order valence-corrected chi connectivity index (χ0v) is 11.3. The number of fused-ring (bicyclic) bond motifs is 1. The average Bonchev–Trinajstić information content (AvgIpc) is 2.56. The molecule has 0 unspecified atom stereocenters. The van der Waals surface area contributed by atoms with Crippen LogP contribution in [0.5, 0.6) is 0 Å². The Bertz CT molecular complexity index is 518. The molecule has 0 aliphatic carbocycles. The molecular weight excluding hydrogens is 305 g/mol. The number of anilines is 1.